The Balaban J connectivity index is 1.08. The van der Waals surface area contributed by atoms with Gasteiger partial charge in [0, 0.05) is 52.4 Å². The third kappa shape index (κ3) is 7.39. The maximum atomic E-state index is 7.54. The minimum Gasteiger partial charge on any atom is -0.468 e. The predicted octanol–water partition coefficient (Wildman–Crippen LogP) is 19.3. The molecule has 0 atom stereocenters. The first kappa shape index (κ1) is 46.9. The summed E-state index contributed by atoms with van der Waals surface area (Å²) in [5.41, 5.74) is 21.4. The molecule has 7 heteroatoms. The lowest BCUT2D eigenvalue weighted by molar-refractivity contribution is 0.590. The molecular formula is C71H55BN2O2S2. The molecule has 9 aromatic carbocycles. The highest BCUT2D eigenvalue weighted by Gasteiger charge is 2.50. The van der Waals surface area contributed by atoms with Crippen LogP contribution in [0.1, 0.15) is 58.2 Å². The number of rotatable bonds is 6. The molecule has 2 aliphatic heterocycles. The molecule has 0 amide bonds. The Hall–Kier alpha value is -8.36. The number of furan rings is 2. The number of benzene rings is 9. The highest BCUT2D eigenvalue weighted by molar-refractivity contribution is 7.22. The first-order chi connectivity index (χ1) is 37.8. The van der Waals surface area contributed by atoms with Crippen LogP contribution in [0.5, 0.6) is 0 Å². The van der Waals surface area contributed by atoms with Gasteiger partial charge in [-0.3, -0.25) is 0 Å². The molecule has 0 N–H and O–H groups in total. The van der Waals surface area contributed by atoms with Gasteiger partial charge >= 0.3 is 6.71 Å². The summed E-state index contributed by atoms with van der Waals surface area (Å²) in [6.07, 6.45) is 0. The van der Waals surface area contributed by atoms with E-state index in [0.29, 0.717) is 0 Å². The van der Waals surface area contributed by atoms with Crippen LogP contribution in [0.25, 0.3) is 85.2 Å². The molecule has 4 aromatic heterocycles. The van der Waals surface area contributed by atoms with Crippen LogP contribution in [-0.4, -0.2) is 6.71 Å². The molecular weight excluding hydrogens is 988 g/mol. The summed E-state index contributed by atoms with van der Waals surface area (Å²) < 4.78 is 17.6. The number of hydrogen-bond acceptors (Lipinski definition) is 6. The van der Waals surface area contributed by atoms with Crippen LogP contribution in [0.2, 0.25) is 0 Å². The fourth-order valence-electron chi connectivity index (χ4n) is 12.3. The van der Waals surface area contributed by atoms with E-state index in [1.165, 1.54) is 52.2 Å². The highest BCUT2D eigenvalue weighted by atomic mass is 32.1. The first-order valence-electron chi connectivity index (χ1n) is 27.1. The van der Waals surface area contributed by atoms with E-state index in [4.69, 9.17) is 8.83 Å². The van der Waals surface area contributed by atoms with Gasteiger partial charge in [0.1, 0.15) is 22.5 Å². The summed E-state index contributed by atoms with van der Waals surface area (Å²) in [6, 6.07) is 76.6. The summed E-state index contributed by atoms with van der Waals surface area (Å²) in [5, 5.41) is 4.66. The van der Waals surface area contributed by atoms with Crippen molar-refractivity contribution in [3.63, 3.8) is 0 Å². The first-order valence-corrected chi connectivity index (χ1v) is 28.7. The molecule has 2 aliphatic rings. The smallest absolute Gasteiger partial charge is 0.342 e. The van der Waals surface area contributed by atoms with Gasteiger partial charge in [0.2, 0.25) is 0 Å². The largest absolute Gasteiger partial charge is 0.468 e. The van der Waals surface area contributed by atoms with Crippen LogP contribution in [-0.2, 0) is 10.8 Å². The minimum absolute atomic E-state index is 0.112. The van der Waals surface area contributed by atoms with Crippen molar-refractivity contribution in [3.8, 4) is 43.1 Å². The van der Waals surface area contributed by atoms with E-state index in [0.717, 1.165) is 101 Å². The van der Waals surface area contributed by atoms with Crippen LogP contribution < -0.4 is 26.6 Å². The Morgan fingerprint density at radius 3 is 1.24 bits per heavy atom. The lowest BCUT2D eigenvalue weighted by Crippen LogP contribution is -2.60. The van der Waals surface area contributed by atoms with Crippen molar-refractivity contribution in [2.24, 2.45) is 0 Å². The summed E-state index contributed by atoms with van der Waals surface area (Å²) in [5.74, 6) is 0. The second-order valence-electron chi connectivity index (χ2n) is 23.4. The zero-order chi connectivity index (χ0) is 52.8. The van der Waals surface area contributed by atoms with E-state index >= 15 is 0 Å². The highest BCUT2D eigenvalue weighted by Crippen LogP contribution is 2.54. The number of nitrogens with zero attached hydrogens (tertiary/aromatic N) is 2. The Bertz CT molecular complexity index is 4210. The van der Waals surface area contributed by atoms with Crippen LogP contribution in [0.3, 0.4) is 0 Å². The maximum Gasteiger partial charge on any atom is 0.342 e. The monoisotopic (exact) mass is 1040 g/mol. The van der Waals surface area contributed by atoms with Gasteiger partial charge in [-0.15, -0.1) is 22.7 Å². The second kappa shape index (κ2) is 17.3. The summed E-state index contributed by atoms with van der Waals surface area (Å²) in [7, 11) is 0. The standard InChI is InChI=1S/C71H55BN2O2S2/c1-42-34-57-65-58(35-42)74(56-37-48(27-31-52(56)44-20-12-9-13-21-44)64-39-46-23-15-17-25-62(46)78-64)67-54-41-50(71(5,6)7)29-33-60(54)76-69(67)72(65)68-66(53-40-49(70(2,3)4)28-32-59(53)75-68)73(57)55-36-47(26-30-51(55)43-18-10-8-11-19-43)63-38-45-22-14-16-24-61(45)77-63/h8-41H,1-7H3. The minimum atomic E-state index is -0.388. The molecule has 13 aromatic rings. The van der Waals surface area contributed by atoms with Gasteiger partial charge in [-0.2, -0.15) is 0 Å². The Labute approximate surface area is 463 Å². The fourth-order valence-corrected chi connectivity index (χ4v) is 14.4. The van der Waals surface area contributed by atoms with E-state index in [1.54, 1.807) is 0 Å². The molecule has 78 heavy (non-hydrogen) atoms. The Morgan fingerprint density at radius 2 is 0.821 bits per heavy atom. The van der Waals surface area contributed by atoms with E-state index in [9.17, 15) is 0 Å². The summed E-state index contributed by atoms with van der Waals surface area (Å²) in [6.45, 7) is 15.7. The number of anilines is 6. The third-order valence-corrected chi connectivity index (χ3v) is 18.5. The normalized spacial score (nSPS) is 13.2. The van der Waals surface area contributed by atoms with Crippen LogP contribution in [0.15, 0.2) is 215 Å². The van der Waals surface area contributed by atoms with Crippen LogP contribution in [0.4, 0.5) is 34.1 Å². The van der Waals surface area contributed by atoms with Crippen molar-refractivity contribution in [2.75, 3.05) is 9.80 Å². The van der Waals surface area contributed by atoms with E-state index in [1.807, 2.05) is 22.7 Å². The Kier molecular flexibility index (Phi) is 10.4. The van der Waals surface area contributed by atoms with Gasteiger partial charge in [-0.1, -0.05) is 175 Å². The van der Waals surface area contributed by atoms with Gasteiger partial charge in [0.05, 0.1) is 22.7 Å². The molecule has 376 valence electrons. The van der Waals surface area contributed by atoms with Crippen molar-refractivity contribution in [1.29, 1.82) is 0 Å². The van der Waals surface area contributed by atoms with Crippen molar-refractivity contribution in [3.05, 3.63) is 223 Å². The maximum absolute atomic E-state index is 7.54. The van der Waals surface area contributed by atoms with E-state index in [-0.39, 0.29) is 17.5 Å². The fraction of sp³-hybridized carbons (Fsp3) is 0.127. The number of hydrogen-bond donors (Lipinski definition) is 0. The van der Waals surface area contributed by atoms with Gasteiger partial charge in [-0.05, 0) is 146 Å². The molecule has 0 fully saturated rings. The van der Waals surface area contributed by atoms with Gasteiger partial charge < -0.3 is 18.6 Å². The van der Waals surface area contributed by atoms with Crippen LogP contribution >= 0.6 is 22.7 Å². The molecule has 0 unspecified atom stereocenters. The van der Waals surface area contributed by atoms with Gasteiger partial charge in [0.15, 0.2) is 0 Å². The van der Waals surface area contributed by atoms with Gasteiger partial charge in [0.25, 0.3) is 0 Å². The Morgan fingerprint density at radius 1 is 0.397 bits per heavy atom. The molecule has 4 nitrogen and oxygen atoms in total. The molecule has 0 aliphatic carbocycles. The molecule has 0 spiro atoms. The number of thiophene rings is 2. The zero-order valence-corrected chi connectivity index (χ0v) is 46.4. The van der Waals surface area contributed by atoms with Crippen molar-refractivity contribution in [1.82, 2.24) is 0 Å². The van der Waals surface area contributed by atoms with E-state index < -0.39 is 0 Å². The summed E-state index contributed by atoms with van der Waals surface area (Å²) in [4.78, 5) is 7.57. The molecule has 6 heterocycles. The van der Waals surface area contributed by atoms with E-state index in [2.05, 4.69) is 265 Å². The average molecular weight is 1040 g/mol. The average Bonchev–Trinajstić information content (AvgIpc) is 4.13. The summed E-state index contributed by atoms with van der Waals surface area (Å²) >= 11 is 3.69. The van der Waals surface area contributed by atoms with Crippen LogP contribution in [0, 0.1) is 6.92 Å². The zero-order valence-electron chi connectivity index (χ0n) is 44.7. The predicted molar refractivity (Wildman–Crippen MR) is 335 cm³/mol. The molecule has 15 rings (SSSR count). The quantitative estimate of drug-likeness (QED) is 0.155. The lowest BCUT2D eigenvalue weighted by Gasteiger charge is -2.42. The third-order valence-electron chi connectivity index (χ3n) is 16.2. The SMILES string of the molecule is Cc1cc2c3c(c1)N(c1cc(-c4cc5ccccc5s4)ccc1-c1ccccc1)c1c(oc4ccc(C(C)(C)C)cc14)B3c1oc3ccc(C(C)(C)C)cc3c1N2c1cc(-c2cc3ccccc3s2)ccc1-c1ccccc1. The molecule has 0 bridgehead atoms. The molecule has 0 saturated carbocycles. The van der Waals surface area contributed by atoms with Crippen molar-refractivity contribution >= 4 is 122 Å². The second-order valence-corrected chi connectivity index (χ2v) is 25.5. The number of fused-ring (bicyclic) bond motifs is 10. The topological polar surface area (TPSA) is 32.8 Å². The molecule has 0 saturated heterocycles. The van der Waals surface area contributed by atoms with Gasteiger partial charge in [-0.25, -0.2) is 0 Å². The van der Waals surface area contributed by atoms with Crippen molar-refractivity contribution in [2.45, 2.75) is 59.3 Å². The number of aryl methyl sites for hydroxylation is 1. The van der Waals surface area contributed by atoms with Crippen molar-refractivity contribution < 1.29 is 8.83 Å². The molecule has 0 radical (unpaired) electrons. The lowest BCUT2D eigenvalue weighted by atomic mass is 9.37.